The Morgan fingerprint density at radius 2 is 2.05 bits per heavy atom. The summed E-state index contributed by atoms with van der Waals surface area (Å²) in [4.78, 5) is 0. The lowest BCUT2D eigenvalue weighted by Crippen LogP contribution is -2.34. The van der Waals surface area contributed by atoms with Gasteiger partial charge in [-0.05, 0) is 32.2 Å². The number of H-pyrrole nitrogens is 1. The Labute approximate surface area is 127 Å². The van der Waals surface area contributed by atoms with Crippen molar-refractivity contribution in [2.75, 3.05) is 13.6 Å². The van der Waals surface area contributed by atoms with Crippen LogP contribution in [0.15, 0.2) is 5.03 Å². The first-order chi connectivity index (χ1) is 9.95. The van der Waals surface area contributed by atoms with Gasteiger partial charge in [0.25, 0.3) is 10.0 Å². The molecule has 1 fully saturated rings. The third-order valence-electron chi connectivity index (χ3n) is 4.47. The summed E-state index contributed by atoms with van der Waals surface area (Å²) in [5.41, 5.74) is 1.50. The normalized spacial score (nSPS) is 23.4. The van der Waals surface area contributed by atoms with Gasteiger partial charge in [-0.1, -0.05) is 26.2 Å². The molecule has 1 aromatic rings. The van der Waals surface area contributed by atoms with Gasteiger partial charge in [-0.15, -0.1) is 0 Å². The Balaban J connectivity index is 2.08. The van der Waals surface area contributed by atoms with E-state index >= 15 is 0 Å². The maximum absolute atomic E-state index is 12.5. The van der Waals surface area contributed by atoms with Gasteiger partial charge in [0.2, 0.25) is 0 Å². The molecule has 0 aliphatic heterocycles. The number of nitrogens with one attached hydrogen (secondary N) is 3. The van der Waals surface area contributed by atoms with E-state index in [1.165, 1.54) is 19.3 Å². The zero-order chi connectivity index (χ0) is 15.5. The lowest BCUT2D eigenvalue weighted by Gasteiger charge is -2.28. The van der Waals surface area contributed by atoms with Crippen LogP contribution in [-0.2, 0) is 16.6 Å². The van der Waals surface area contributed by atoms with Crippen LogP contribution in [0.5, 0.6) is 0 Å². The SMILES string of the molecule is CNCc1c(S(=O)(=O)NCC2CCCCC2C)n[nH]c1C. The first-order valence-corrected chi connectivity index (χ1v) is 9.12. The van der Waals surface area contributed by atoms with Crippen molar-refractivity contribution >= 4 is 10.0 Å². The summed E-state index contributed by atoms with van der Waals surface area (Å²) in [7, 11) is -1.76. The van der Waals surface area contributed by atoms with Crippen molar-refractivity contribution in [3.8, 4) is 0 Å². The molecule has 2 atom stereocenters. The third kappa shape index (κ3) is 3.84. The highest BCUT2D eigenvalue weighted by Gasteiger charge is 2.27. The molecule has 3 N–H and O–H groups in total. The molecular weight excluding hydrogens is 288 g/mol. The lowest BCUT2D eigenvalue weighted by atomic mass is 9.81. The fraction of sp³-hybridized carbons (Fsp3) is 0.786. The van der Waals surface area contributed by atoms with Gasteiger partial charge in [-0.2, -0.15) is 5.10 Å². The van der Waals surface area contributed by atoms with Crippen molar-refractivity contribution in [2.24, 2.45) is 11.8 Å². The summed E-state index contributed by atoms with van der Waals surface area (Å²) in [6, 6.07) is 0. The molecule has 6 nitrogen and oxygen atoms in total. The van der Waals surface area contributed by atoms with E-state index in [4.69, 9.17) is 0 Å². The Kier molecular flexibility index (Phi) is 5.40. The van der Waals surface area contributed by atoms with Crippen LogP contribution < -0.4 is 10.0 Å². The number of aromatic nitrogens is 2. The molecule has 120 valence electrons. The number of nitrogens with zero attached hydrogens (tertiary/aromatic N) is 1. The summed E-state index contributed by atoms with van der Waals surface area (Å²) < 4.78 is 27.7. The predicted octanol–water partition coefficient (Wildman–Crippen LogP) is 1.54. The molecule has 1 aromatic heterocycles. The van der Waals surface area contributed by atoms with Crippen LogP contribution >= 0.6 is 0 Å². The van der Waals surface area contributed by atoms with Crippen LogP contribution in [0.25, 0.3) is 0 Å². The molecule has 7 heteroatoms. The van der Waals surface area contributed by atoms with E-state index in [9.17, 15) is 8.42 Å². The number of hydrogen-bond donors (Lipinski definition) is 3. The molecule has 0 spiro atoms. The van der Waals surface area contributed by atoms with Gasteiger partial charge < -0.3 is 5.32 Å². The van der Waals surface area contributed by atoms with Gasteiger partial charge in [0.15, 0.2) is 5.03 Å². The van der Waals surface area contributed by atoms with Crippen LogP contribution in [0, 0.1) is 18.8 Å². The summed E-state index contributed by atoms with van der Waals surface area (Å²) in [5.74, 6) is 1.01. The minimum Gasteiger partial charge on any atom is -0.316 e. The van der Waals surface area contributed by atoms with Crippen molar-refractivity contribution in [3.05, 3.63) is 11.3 Å². The quantitative estimate of drug-likeness (QED) is 0.743. The fourth-order valence-electron chi connectivity index (χ4n) is 3.02. The van der Waals surface area contributed by atoms with Crippen LogP contribution in [0.3, 0.4) is 0 Å². The van der Waals surface area contributed by atoms with Gasteiger partial charge in [-0.25, -0.2) is 13.1 Å². The summed E-state index contributed by atoms with van der Waals surface area (Å²) in [5, 5.41) is 9.85. The largest absolute Gasteiger partial charge is 0.316 e. The first kappa shape index (κ1) is 16.5. The molecular formula is C14H26N4O2S. The van der Waals surface area contributed by atoms with E-state index < -0.39 is 10.0 Å². The van der Waals surface area contributed by atoms with Crippen molar-refractivity contribution < 1.29 is 8.42 Å². The average molecular weight is 314 g/mol. The molecule has 0 radical (unpaired) electrons. The minimum atomic E-state index is -3.55. The fourth-order valence-corrected chi connectivity index (χ4v) is 4.30. The molecule has 0 amide bonds. The zero-order valence-electron chi connectivity index (χ0n) is 13.1. The van der Waals surface area contributed by atoms with Crippen molar-refractivity contribution in [2.45, 2.75) is 51.1 Å². The number of hydrogen-bond acceptors (Lipinski definition) is 4. The van der Waals surface area contributed by atoms with Crippen LogP contribution in [0.2, 0.25) is 0 Å². The molecule has 1 heterocycles. The van der Waals surface area contributed by atoms with Crippen LogP contribution in [0.1, 0.15) is 43.9 Å². The maximum atomic E-state index is 12.5. The topological polar surface area (TPSA) is 86.9 Å². The van der Waals surface area contributed by atoms with E-state index in [2.05, 4.69) is 27.2 Å². The highest BCUT2D eigenvalue weighted by molar-refractivity contribution is 7.89. The van der Waals surface area contributed by atoms with Crippen LogP contribution in [-0.4, -0.2) is 32.2 Å². The smallest absolute Gasteiger partial charge is 0.260 e. The van der Waals surface area contributed by atoms with Gasteiger partial charge in [0, 0.05) is 24.3 Å². The molecule has 1 saturated carbocycles. The summed E-state index contributed by atoms with van der Waals surface area (Å²) >= 11 is 0. The monoisotopic (exact) mass is 314 g/mol. The Morgan fingerprint density at radius 1 is 1.33 bits per heavy atom. The van der Waals surface area contributed by atoms with Crippen molar-refractivity contribution in [1.29, 1.82) is 0 Å². The third-order valence-corrected chi connectivity index (χ3v) is 5.86. The highest BCUT2D eigenvalue weighted by atomic mass is 32.2. The Bertz CT molecular complexity index is 568. The van der Waals surface area contributed by atoms with Crippen molar-refractivity contribution in [3.63, 3.8) is 0 Å². The number of rotatable bonds is 6. The summed E-state index contributed by atoms with van der Waals surface area (Å²) in [6.45, 7) is 5.04. The lowest BCUT2D eigenvalue weighted by molar-refractivity contribution is 0.257. The number of sulfonamides is 1. The van der Waals surface area contributed by atoms with Gasteiger partial charge >= 0.3 is 0 Å². The first-order valence-electron chi connectivity index (χ1n) is 7.63. The predicted molar refractivity (Wildman–Crippen MR) is 82.4 cm³/mol. The highest BCUT2D eigenvalue weighted by Crippen LogP contribution is 2.29. The minimum absolute atomic E-state index is 0.123. The summed E-state index contributed by atoms with van der Waals surface area (Å²) in [6.07, 6.45) is 4.75. The van der Waals surface area contributed by atoms with E-state index in [1.807, 2.05) is 6.92 Å². The molecule has 0 saturated heterocycles. The second-order valence-electron chi connectivity index (χ2n) is 6.04. The molecule has 2 rings (SSSR count). The zero-order valence-corrected chi connectivity index (χ0v) is 13.9. The maximum Gasteiger partial charge on any atom is 0.260 e. The van der Waals surface area contributed by atoms with E-state index in [0.717, 1.165) is 12.1 Å². The van der Waals surface area contributed by atoms with Gasteiger partial charge in [-0.3, -0.25) is 5.10 Å². The second-order valence-corrected chi connectivity index (χ2v) is 7.72. The van der Waals surface area contributed by atoms with E-state index in [1.54, 1.807) is 7.05 Å². The Hall–Kier alpha value is -0.920. The molecule has 0 aromatic carbocycles. The van der Waals surface area contributed by atoms with Crippen LogP contribution in [0.4, 0.5) is 0 Å². The molecule has 2 unspecified atom stereocenters. The number of aromatic amines is 1. The van der Waals surface area contributed by atoms with Gasteiger partial charge in [0.1, 0.15) is 0 Å². The van der Waals surface area contributed by atoms with Gasteiger partial charge in [0.05, 0.1) is 0 Å². The molecule has 1 aliphatic rings. The molecule has 21 heavy (non-hydrogen) atoms. The van der Waals surface area contributed by atoms with Crippen molar-refractivity contribution in [1.82, 2.24) is 20.2 Å². The number of aryl methyl sites for hydroxylation is 1. The molecule has 1 aliphatic carbocycles. The average Bonchev–Trinajstić information content (AvgIpc) is 2.81. The van der Waals surface area contributed by atoms with E-state index in [0.29, 0.717) is 30.5 Å². The molecule has 0 bridgehead atoms. The standard InChI is InChI=1S/C14H26N4O2S/c1-10-6-4-5-7-12(10)8-16-21(19,20)14-13(9-15-3)11(2)17-18-14/h10,12,15-16H,4-9H2,1-3H3,(H,17,18). The second kappa shape index (κ2) is 6.89. The Morgan fingerprint density at radius 3 is 2.71 bits per heavy atom. The van der Waals surface area contributed by atoms with E-state index in [-0.39, 0.29) is 5.03 Å².